The first-order valence-corrected chi connectivity index (χ1v) is 37.7. The number of phosphoric ester groups is 1. The number of carbonyl (C=O) groups is 3. The van der Waals surface area contributed by atoms with Crippen molar-refractivity contribution in [2.45, 2.75) is 80.9 Å². The van der Waals surface area contributed by atoms with Gasteiger partial charge in [-0.05, 0) is 85.1 Å². The van der Waals surface area contributed by atoms with Crippen molar-refractivity contribution in [1.82, 2.24) is 30.5 Å². The van der Waals surface area contributed by atoms with Gasteiger partial charge in [0.1, 0.15) is 55.8 Å². The fourth-order valence-electron chi connectivity index (χ4n) is 11.6. The van der Waals surface area contributed by atoms with E-state index in [1.165, 1.54) is 28.5 Å². The van der Waals surface area contributed by atoms with Gasteiger partial charge in [-0.3, -0.25) is 18.9 Å². The van der Waals surface area contributed by atoms with Gasteiger partial charge < -0.3 is 74.4 Å². The molecule has 0 spiro atoms. The third-order valence-electron chi connectivity index (χ3n) is 16.3. The lowest BCUT2D eigenvalue weighted by Gasteiger charge is -2.27. The maximum atomic E-state index is 13.4. The molecule has 1 fully saturated rings. The van der Waals surface area contributed by atoms with Crippen molar-refractivity contribution in [1.29, 1.82) is 0 Å². The van der Waals surface area contributed by atoms with Gasteiger partial charge in [0.05, 0.1) is 60.2 Å². The minimum Gasteiger partial charge on any atom is -0.491 e. The van der Waals surface area contributed by atoms with Gasteiger partial charge in [0.2, 0.25) is 27.5 Å². The fourth-order valence-corrected chi connectivity index (χ4v) is 15.2. The first-order chi connectivity index (χ1) is 49.4. The van der Waals surface area contributed by atoms with E-state index < -0.39 is 95.3 Å². The molecule has 550 valence electrons. The minimum atomic E-state index is -5.83. The van der Waals surface area contributed by atoms with Crippen LogP contribution in [0.5, 0.6) is 5.75 Å². The van der Waals surface area contributed by atoms with Gasteiger partial charge in [-0.25, -0.2) is 37.2 Å². The molecule has 4 aromatic carbocycles. The van der Waals surface area contributed by atoms with E-state index in [0.29, 0.717) is 0 Å². The Morgan fingerprint density at radius 2 is 1.63 bits per heavy atom. The number of phosphoric acid groups is 3. The third kappa shape index (κ3) is 20.5. The van der Waals surface area contributed by atoms with E-state index in [1.807, 2.05) is 73.1 Å². The molecule has 3 aliphatic rings. The smallest absolute Gasteiger partial charge is 0.490 e. The largest absolute Gasteiger partial charge is 0.491 e. The third-order valence-corrected chi connectivity index (χ3v) is 21.0. The number of primary sulfonamides is 1. The van der Waals surface area contributed by atoms with Gasteiger partial charge in [-0.15, -0.1) is 0 Å². The molecule has 11 N–H and O–H groups in total. The van der Waals surface area contributed by atoms with Crippen LogP contribution in [0.15, 0.2) is 161 Å². The molecule has 5 heterocycles. The second-order valence-corrected chi connectivity index (χ2v) is 30.1. The summed E-state index contributed by atoms with van der Waals surface area (Å²) in [6.45, 7) is 6.20. The predicted octanol–water partition coefficient (Wildman–Crippen LogP) is 7.60. The summed E-state index contributed by atoms with van der Waals surface area (Å²) in [5.41, 5.74) is 30.6. The Balaban J connectivity index is 0.712. The summed E-state index contributed by atoms with van der Waals surface area (Å²) >= 11 is 0. The van der Waals surface area contributed by atoms with Crippen molar-refractivity contribution < 1.29 is 97.5 Å². The second kappa shape index (κ2) is 34.4. The van der Waals surface area contributed by atoms with Crippen molar-refractivity contribution in [2.24, 2.45) is 15.4 Å². The van der Waals surface area contributed by atoms with Gasteiger partial charge >= 0.3 is 23.5 Å². The van der Waals surface area contributed by atoms with Crippen LogP contribution in [0.1, 0.15) is 73.8 Å². The quantitative estimate of drug-likeness (QED) is 0.00274. The zero-order chi connectivity index (χ0) is 75.0. The van der Waals surface area contributed by atoms with E-state index in [1.54, 1.807) is 30.3 Å². The minimum absolute atomic E-state index is 0.000204. The molecule has 0 aliphatic carbocycles. The summed E-state index contributed by atoms with van der Waals surface area (Å²) in [6, 6.07) is 29.5. The monoisotopic (exact) mass is 1510 g/mol. The van der Waals surface area contributed by atoms with E-state index in [2.05, 4.69) is 116 Å². The van der Waals surface area contributed by atoms with Crippen LogP contribution in [-0.4, -0.2) is 155 Å². The molecular weight excluding hydrogens is 1440 g/mol. The van der Waals surface area contributed by atoms with Crippen LogP contribution in [0.25, 0.3) is 31.9 Å². The highest BCUT2D eigenvalue weighted by Crippen LogP contribution is 2.66. The number of azide groups is 2. The average molecular weight is 1510 g/mol. The molecular formula is C64H74N16O20P3S+. The number of carbonyl (C=O) groups excluding carboxylic acids is 3. The molecule has 3 amide bonds. The molecule has 9 rings (SSSR count). The van der Waals surface area contributed by atoms with E-state index >= 15 is 0 Å². The maximum Gasteiger partial charge on any atom is 0.490 e. The summed E-state index contributed by atoms with van der Waals surface area (Å²) < 4.78 is 105. The lowest BCUT2D eigenvalue weighted by molar-refractivity contribution is -0.436. The number of ether oxygens (including phenoxy) is 5. The molecule has 40 heteroatoms. The Labute approximate surface area is 595 Å². The number of nitrogens with zero attached hydrogens (tertiary/aromatic N) is 11. The number of aromatic nitrogens is 3. The van der Waals surface area contributed by atoms with Crippen molar-refractivity contribution in [3.05, 3.63) is 189 Å². The summed E-state index contributed by atoms with van der Waals surface area (Å²) in [7, 11) is -21.1. The van der Waals surface area contributed by atoms with Crippen molar-refractivity contribution in [3.63, 3.8) is 0 Å². The molecule has 104 heavy (non-hydrogen) atoms. The number of hydrogen-bond acceptors (Lipinski definition) is 22. The SMILES string of the molecule is CC1(C)C(=CC=CC=CC2=[N+](CCC(=O)NCCNC(=O)c3cccc(OCC(N=[N+]=[N-])OCCOCC(=O)NCC#Cc4cn(C5CC(OCN=[N+]=[N-])C(COP(=O)(O)OP(=O)(O)OP(=O)(O)O)O5)c5ncnc(N)c45)c3)c3ccc(S(N)(=O)=O)cc3C2(C)C)N(c2ccccc2)c2ccccc21. The predicted molar refractivity (Wildman–Crippen MR) is 376 cm³/mol. The number of amides is 3. The summed E-state index contributed by atoms with van der Waals surface area (Å²) in [5.74, 6) is 4.58. The molecule has 1 saturated heterocycles. The van der Waals surface area contributed by atoms with Crippen molar-refractivity contribution in [2.75, 3.05) is 76.6 Å². The molecule has 2 aromatic heterocycles. The number of benzene rings is 4. The Bertz CT molecular complexity index is 4780. The highest BCUT2D eigenvalue weighted by atomic mass is 32.2. The van der Waals surface area contributed by atoms with Gasteiger partial charge in [0, 0.05) is 81.3 Å². The number of rotatable bonds is 34. The average Bonchev–Trinajstić information content (AvgIpc) is 1.61. The van der Waals surface area contributed by atoms with E-state index in [-0.39, 0.29) is 109 Å². The Morgan fingerprint density at radius 3 is 2.38 bits per heavy atom. The van der Waals surface area contributed by atoms with E-state index in [4.69, 9.17) is 54.4 Å². The summed E-state index contributed by atoms with van der Waals surface area (Å²) in [6.07, 6.45) is 8.03. The molecule has 6 unspecified atom stereocenters. The number of allylic oxidation sites excluding steroid dienone is 6. The molecule has 6 aromatic rings. The molecule has 6 atom stereocenters. The second-order valence-electron chi connectivity index (χ2n) is 24.1. The topological polar surface area (TPSA) is 514 Å². The van der Waals surface area contributed by atoms with Crippen LogP contribution in [0.4, 0.5) is 22.9 Å². The van der Waals surface area contributed by atoms with Gasteiger partial charge in [0.25, 0.3) is 5.91 Å². The number of hydrogen-bond donors (Lipinski definition) is 9. The number of nitrogen functional groups attached to an aromatic ring is 1. The number of nitrogens with two attached hydrogens (primary N) is 2. The number of para-hydroxylation sites is 2. The summed E-state index contributed by atoms with van der Waals surface area (Å²) in [5, 5.41) is 21.0. The van der Waals surface area contributed by atoms with Gasteiger partial charge in [-0.1, -0.05) is 96.6 Å². The Kier molecular flexibility index (Phi) is 26.0. The van der Waals surface area contributed by atoms with E-state index in [9.17, 15) is 51.8 Å². The Hall–Kier alpha value is -9.46. The molecule has 36 nitrogen and oxygen atoms in total. The zero-order valence-electron chi connectivity index (χ0n) is 56.2. The van der Waals surface area contributed by atoms with E-state index in [0.717, 1.165) is 40.4 Å². The van der Waals surface area contributed by atoms with Gasteiger partial charge in [0.15, 0.2) is 18.5 Å². The molecule has 0 radical (unpaired) electrons. The van der Waals surface area contributed by atoms with Crippen LogP contribution in [0, 0.1) is 11.8 Å². The Morgan fingerprint density at radius 1 is 0.875 bits per heavy atom. The normalized spacial score (nSPS) is 18.6. The van der Waals surface area contributed by atoms with Crippen LogP contribution in [0.3, 0.4) is 0 Å². The van der Waals surface area contributed by atoms with Crippen LogP contribution >= 0.6 is 23.5 Å². The van der Waals surface area contributed by atoms with Gasteiger partial charge in [-0.2, -0.15) is 13.2 Å². The number of sulfonamides is 1. The molecule has 0 saturated carbocycles. The fraction of sp³-hybridized carbons (Fsp3) is 0.344. The molecule has 0 bridgehead atoms. The lowest BCUT2D eigenvalue weighted by atomic mass is 9.81. The first-order valence-electron chi connectivity index (χ1n) is 31.7. The van der Waals surface area contributed by atoms with Crippen molar-refractivity contribution in [3.8, 4) is 17.6 Å². The van der Waals surface area contributed by atoms with Crippen molar-refractivity contribution >= 4 is 90.8 Å². The molecule has 3 aliphatic heterocycles. The number of nitrogens with one attached hydrogen (secondary N) is 3. The zero-order valence-corrected chi connectivity index (χ0v) is 59.7. The maximum absolute atomic E-state index is 13.4. The number of fused-ring (bicyclic) bond motifs is 3. The highest BCUT2D eigenvalue weighted by Gasteiger charge is 2.47. The first kappa shape index (κ1) is 78.7. The number of anilines is 3. The van der Waals surface area contributed by atoms with Crippen LogP contribution in [-0.2, 0) is 76.2 Å². The lowest BCUT2D eigenvalue weighted by Crippen LogP contribution is -2.35. The highest BCUT2D eigenvalue weighted by molar-refractivity contribution is 7.89. The van der Waals surface area contributed by atoms with Crippen LogP contribution in [0.2, 0.25) is 0 Å². The standard InChI is InChI=1S/C64H73N16O20P3S/c1-63(2)47-20-11-12-21-50(47)80(44-17-7-5-8-18-44)54(63)23-10-6-9-22-53-64(3,4)48-34-46(104(68,91)92)24-25-49(48)78(53)30-26-55(81)70-28-29-71-62(83)42-15-13-19-45(33-42)95-39-57(75-77-67)94-32-31-93-38-56(82)69-27-14-16-43-36-79(61-59(43)60(65)72-40-73-61)58-35-51(96-41-74-76-66)52(98-58)37-97-102(87,88)100-103(89,90)99-101(84,85)86/h5-13,15,17-25,33-34,36,40,51-52,57-58H,26-32,35,37-39,41H2,1-4H3,(H10-,65,68,69,70,71,72,73,81,82,83,84,85,86,87,88,89,90,91,92)/p+1. The summed E-state index contributed by atoms with van der Waals surface area (Å²) in [4.78, 5) is 92.6. The van der Waals surface area contributed by atoms with Crippen LogP contribution < -0.4 is 36.5 Å².